The van der Waals surface area contributed by atoms with Gasteiger partial charge in [0.2, 0.25) is 0 Å². The van der Waals surface area contributed by atoms with Crippen molar-refractivity contribution in [3.8, 4) is 5.69 Å². The SMILES string of the molecule is CC(C(=O)Nc1ccc(-n2ncc3ccccc32)cc1)=C1CN(C(=O)OC(C)(C)C)C1. The molecule has 0 unspecified atom stereocenters. The Morgan fingerprint density at radius 2 is 1.71 bits per heavy atom. The Kier molecular flexibility index (Phi) is 5.27. The van der Waals surface area contributed by atoms with Gasteiger partial charge in [-0.3, -0.25) is 4.79 Å². The van der Waals surface area contributed by atoms with Crippen molar-refractivity contribution in [3.63, 3.8) is 0 Å². The second kappa shape index (κ2) is 7.91. The lowest BCUT2D eigenvalue weighted by molar-refractivity contribution is -0.113. The molecule has 1 N–H and O–H groups in total. The van der Waals surface area contributed by atoms with Crippen LogP contribution in [0.1, 0.15) is 27.7 Å². The Bertz CT molecular complexity index is 1160. The van der Waals surface area contributed by atoms with Gasteiger partial charge in [0.05, 0.1) is 17.4 Å². The van der Waals surface area contributed by atoms with E-state index in [9.17, 15) is 9.59 Å². The van der Waals surface area contributed by atoms with E-state index in [1.54, 1.807) is 11.8 Å². The van der Waals surface area contributed by atoms with Gasteiger partial charge in [0.25, 0.3) is 5.91 Å². The van der Waals surface area contributed by atoms with Gasteiger partial charge >= 0.3 is 6.09 Å². The van der Waals surface area contributed by atoms with Gasteiger partial charge < -0.3 is 15.0 Å². The molecule has 1 aliphatic rings. The number of para-hydroxylation sites is 1. The number of rotatable bonds is 3. The van der Waals surface area contributed by atoms with Gasteiger partial charge in [-0.05, 0) is 63.6 Å². The number of ether oxygens (including phenoxy) is 1. The molecule has 2 aromatic carbocycles. The fraction of sp³-hybridized carbons (Fsp3) is 0.292. The maximum atomic E-state index is 12.6. The number of benzene rings is 2. The monoisotopic (exact) mass is 418 g/mol. The average Bonchev–Trinajstić information content (AvgIpc) is 3.10. The van der Waals surface area contributed by atoms with Gasteiger partial charge in [0.1, 0.15) is 5.60 Å². The fourth-order valence-electron chi connectivity index (χ4n) is 3.36. The molecular formula is C24H26N4O3. The second-order valence-corrected chi connectivity index (χ2v) is 8.68. The molecule has 160 valence electrons. The van der Waals surface area contributed by atoms with E-state index in [0.717, 1.165) is 22.2 Å². The van der Waals surface area contributed by atoms with Crippen LogP contribution in [0.25, 0.3) is 16.6 Å². The fourth-order valence-corrected chi connectivity index (χ4v) is 3.36. The largest absolute Gasteiger partial charge is 0.444 e. The minimum Gasteiger partial charge on any atom is -0.444 e. The highest BCUT2D eigenvalue weighted by atomic mass is 16.6. The molecule has 2 amide bonds. The number of carbonyl (C=O) groups is 2. The zero-order chi connectivity index (χ0) is 22.2. The molecular weight excluding hydrogens is 392 g/mol. The molecule has 0 atom stereocenters. The lowest BCUT2D eigenvalue weighted by Crippen LogP contribution is -2.47. The smallest absolute Gasteiger partial charge is 0.410 e. The van der Waals surface area contributed by atoms with Gasteiger partial charge in [0, 0.05) is 29.7 Å². The molecule has 7 heteroatoms. The molecule has 1 aromatic heterocycles. The van der Waals surface area contributed by atoms with Gasteiger partial charge in [-0.15, -0.1) is 0 Å². The summed E-state index contributed by atoms with van der Waals surface area (Å²) in [5, 5.41) is 8.44. The van der Waals surface area contributed by atoms with Crippen LogP contribution in [0.5, 0.6) is 0 Å². The first kappa shape index (κ1) is 20.7. The van der Waals surface area contributed by atoms with Gasteiger partial charge in [0.15, 0.2) is 0 Å². The van der Waals surface area contributed by atoms with E-state index in [4.69, 9.17) is 4.74 Å². The molecule has 0 aliphatic carbocycles. The van der Waals surface area contributed by atoms with E-state index >= 15 is 0 Å². The normalized spacial score (nSPS) is 13.7. The summed E-state index contributed by atoms with van der Waals surface area (Å²) in [6.45, 7) is 8.11. The van der Waals surface area contributed by atoms with Crippen molar-refractivity contribution in [2.45, 2.75) is 33.3 Å². The summed E-state index contributed by atoms with van der Waals surface area (Å²) < 4.78 is 7.22. The lowest BCUT2D eigenvalue weighted by atomic mass is 10.0. The number of fused-ring (bicyclic) bond motifs is 1. The van der Waals surface area contributed by atoms with Crippen LogP contribution in [0.4, 0.5) is 10.5 Å². The standard InChI is InChI=1S/C24H26N4O3/c1-16(18-14-27(15-18)23(30)31-24(2,3)4)22(29)26-19-9-11-20(12-10-19)28-21-8-6-5-7-17(21)13-25-28/h5-13H,14-15H2,1-4H3,(H,26,29). The van der Waals surface area contributed by atoms with Crippen molar-refractivity contribution >= 4 is 28.6 Å². The summed E-state index contributed by atoms with van der Waals surface area (Å²) in [4.78, 5) is 26.3. The van der Waals surface area contributed by atoms with Crippen LogP contribution < -0.4 is 5.32 Å². The van der Waals surface area contributed by atoms with Crippen molar-refractivity contribution < 1.29 is 14.3 Å². The van der Waals surface area contributed by atoms with Crippen molar-refractivity contribution in [1.29, 1.82) is 0 Å². The van der Waals surface area contributed by atoms with Crippen LogP contribution in [-0.4, -0.2) is 45.4 Å². The van der Waals surface area contributed by atoms with E-state index in [1.165, 1.54) is 0 Å². The van der Waals surface area contributed by atoms with Crippen molar-refractivity contribution in [2.24, 2.45) is 0 Å². The van der Waals surface area contributed by atoms with E-state index in [2.05, 4.69) is 10.4 Å². The molecule has 0 saturated carbocycles. The van der Waals surface area contributed by atoms with E-state index in [-0.39, 0.29) is 12.0 Å². The zero-order valence-electron chi connectivity index (χ0n) is 18.2. The first-order valence-corrected chi connectivity index (χ1v) is 10.2. The molecule has 3 aromatic rings. The number of nitrogens with zero attached hydrogens (tertiary/aromatic N) is 3. The van der Waals surface area contributed by atoms with Crippen LogP contribution in [-0.2, 0) is 9.53 Å². The summed E-state index contributed by atoms with van der Waals surface area (Å²) in [5.74, 6) is -0.170. The molecule has 0 spiro atoms. The summed E-state index contributed by atoms with van der Waals surface area (Å²) in [5.41, 5.74) is 3.68. The molecule has 4 rings (SSSR count). The summed E-state index contributed by atoms with van der Waals surface area (Å²) in [6, 6.07) is 15.6. The number of hydrogen-bond acceptors (Lipinski definition) is 4. The summed E-state index contributed by atoms with van der Waals surface area (Å²) >= 11 is 0. The highest BCUT2D eigenvalue weighted by Gasteiger charge is 2.31. The number of amides is 2. The first-order valence-electron chi connectivity index (χ1n) is 10.2. The number of hydrogen-bond donors (Lipinski definition) is 1. The zero-order valence-corrected chi connectivity index (χ0v) is 18.2. The van der Waals surface area contributed by atoms with Crippen LogP contribution in [0.2, 0.25) is 0 Å². The highest BCUT2D eigenvalue weighted by molar-refractivity contribution is 6.04. The molecule has 0 bridgehead atoms. The van der Waals surface area contributed by atoms with Crippen LogP contribution >= 0.6 is 0 Å². The third-order valence-electron chi connectivity index (χ3n) is 5.13. The molecule has 1 aliphatic heterocycles. The van der Waals surface area contributed by atoms with Crippen molar-refractivity contribution in [1.82, 2.24) is 14.7 Å². The van der Waals surface area contributed by atoms with Crippen LogP contribution in [0.15, 0.2) is 65.9 Å². The minimum atomic E-state index is -0.530. The Balaban J connectivity index is 1.39. The van der Waals surface area contributed by atoms with Crippen LogP contribution in [0.3, 0.4) is 0 Å². The molecule has 2 heterocycles. The van der Waals surface area contributed by atoms with E-state index < -0.39 is 5.60 Å². The Labute approximate surface area is 181 Å². The third-order valence-corrected chi connectivity index (χ3v) is 5.13. The quantitative estimate of drug-likeness (QED) is 0.634. The van der Waals surface area contributed by atoms with Gasteiger partial charge in [-0.1, -0.05) is 18.2 Å². The Morgan fingerprint density at radius 3 is 2.39 bits per heavy atom. The topological polar surface area (TPSA) is 76.5 Å². The average molecular weight is 418 g/mol. The maximum absolute atomic E-state index is 12.6. The number of likely N-dealkylation sites (tertiary alicyclic amines) is 1. The van der Waals surface area contributed by atoms with Gasteiger partial charge in [-0.25, -0.2) is 9.48 Å². The summed E-state index contributed by atoms with van der Waals surface area (Å²) in [7, 11) is 0. The Hall–Kier alpha value is -3.61. The second-order valence-electron chi connectivity index (χ2n) is 8.68. The van der Waals surface area contributed by atoms with Gasteiger partial charge in [-0.2, -0.15) is 5.10 Å². The van der Waals surface area contributed by atoms with Crippen molar-refractivity contribution in [3.05, 3.63) is 65.9 Å². The van der Waals surface area contributed by atoms with Crippen molar-refractivity contribution in [2.75, 3.05) is 18.4 Å². The number of anilines is 1. The first-order chi connectivity index (χ1) is 14.7. The number of aromatic nitrogens is 2. The summed E-state index contributed by atoms with van der Waals surface area (Å²) in [6.07, 6.45) is 1.48. The van der Waals surface area contributed by atoms with E-state index in [0.29, 0.717) is 24.4 Å². The molecule has 31 heavy (non-hydrogen) atoms. The predicted molar refractivity (Wildman–Crippen MR) is 120 cm³/mol. The highest BCUT2D eigenvalue weighted by Crippen LogP contribution is 2.23. The Morgan fingerprint density at radius 1 is 1.03 bits per heavy atom. The molecule has 1 fully saturated rings. The minimum absolute atomic E-state index is 0.170. The number of carbonyl (C=O) groups excluding carboxylic acids is 2. The molecule has 0 radical (unpaired) electrons. The number of nitrogens with one attached hydrogen (secondary N) is 1. The van der Waals surface area contributed by atoms with E-state index in [1.807, 2.05) is 80.2 Å². The molecule has 1 saturated heterocycles. The maximum Gasteiger partial charge on any atom is 0.410 e. The predicted octanol–water partition coefficient (Wildman–Crippen LogP) is 4.53. The lowest BCUT2D eigenvalue weighted by Gasteiger charge is -2.36. The molecule has 7 nitrogen and oxygen atoms in total. The van der Waals surface area contributed by atoms with Crippen LogP contribution in [0, 0.1) is 0 Å². The third kappa shape index (κ3) is 4.45.